The lowest BCUT2D eigenvalue weighted by molar-refractivity contribution is 0.160. The summed E-state index contributed by atoms with van der Waals surface area (Å²) in [6.45, 7) is 8.29. The van der Waals surface area contributed by atoms with Gasteiger partial charge >= 0.3 is 0 Å². The van der Waals surface area contributed by atoms with E-state index < -0.39 is 0 Å². The molecule has 0 spiro atoms. The molecule has 1 rings (SSSR count). The second-order valence-corrected chi connectivity index (χ2v) is 6.12. The molecule has 0 aliphatic heterocycles. The van der Waals surface area contributed by atoms with Gasteiger partial charge in [-0.3, -0.25) is 5.32 Å². The van der Waals surface area contributed by atoms with Gasteiger partial charge in [-0.15, -0.1) is 0 Å². The van der Waals surface area contributed by atoms with Crippen LogP contribution in [0, 0.1) is 17.2 Å². The van der Waals surface area contributed by atoms with Crippen LogP contribution in [0.15, 0.2) is 0 Å². The van der Waals surface area contributed by atoms with Gasteiger partial charge in [-0.25, -0.2) is 0 Å². The highest BCUT2D eigenvalue weighted by Crippen LogP contribution is 2.26. The molecule has 1 atom stereocenters. The summed E-state index contributed by atoms with van der Waals surface area (Å²) in [6, 6.07) is 3.13. The van der Waals surface area contributed by atoms with Crippen LogP contribution in [0.25, 0.3) is 0 Å². The van der Waals surface area contributed by atoms with Gasteiger partial charge in [-0.05, 0) is 58.5 Å². The van der Waals surface area contributed by atoms with Gasteiger partial charge in [0.25, 0.3) is 0 Å². The van der Waals surface area contributed by atoms with Gasteiger partial charge < -0.3 is 4.90 Å². The molecule has 1 aliphatic carbocycles. The molecule has 1 unspecified atom stereocenters. The molecule has 1 aliphatic rings. The molecule has 0 aromatic carbocycles. The van der Waals surface area contributed by atoms with Crippen LogP contribution in [-0.4, -0.2) is 36.6 Å². The number of hydrogen-bond acceptors (Lipinski definition) is 3. The molecule has 0 heterocycles. The minimum atomic E-state index is -0.370. The van der Waals surface area contributed by atoms with E-state index in [2.05, 4.69) is 37.2 Å². The Kier molecular flexibility index (Phi) is 6.11. The lowest BCUT2D eigenvalue weighted by Gasteiger charge is -2.35. The first kappa shape index (κ1) is 15.5. The van der Waals surface area contributed by atoms with Crippen LogP contribution in [0.5, 0.6) is 0 Å². The summed E-state index contributed by atoms with van der Waals surface area (Å²) in [5.74, 6) is 0.904. The molecular formula is C15H29N3. The molecule has 1 N–H and O–H groups in total. The highest BCUT2D eigenvalue weighted by Gasteiger charge is 2.26. The zero-order valence-electron chi connectivity index (χ0n) is 12.5. The van der Waals surface area contributed by atoms with Crippen LogP contribution < -0.4 is 5.32 Å². The Morgan fingerprint density at radius 3 is 2.44 bits per heavy atom. The van der Waals surface area contributed by atoms with Crippen molar-refractivity contribution in [3.8, 4) is 6.07 Å². The fraction of sp³-hybridized carbons (Fsp3) is 0.933. The minimum Gasteiger partial charge on any atom is -0.303 e. The second-order valence-electron chi connectivity index (χ2n) is 6.12. The van der Waals surface area contributed by atoms with E-state index in [9.17, 15) is 5.26 Å². The van der Waals surface area contributed by atoms with Crippen LogP contribution in [0.3, 0.4) is 0 Å². The minimum absolute atomic E-state index is 0.370. The topological polar surface area (TPSA) is 39.1 Å². The maximum atomic E-state index is 9.24. The van der Waals surface area contributed by atoms with Crippen LogP contribution in [0.1, 0.15) is 52.9 Å². The van der Waals surface area contributed by atoms with E-state index in [0.29, 0.717) is 0 Å². The van der Waals surface area contributed by atoms with E-state index in [1.807, 2.05) is 6.92 Å². The Hall–Kier alpha value is -0.590. The van der Waals surface area contributed by atoms with E-state index >= 15 is 0 Å². The monoisotopic (exact) mass is 251 g/mol. The van der Waals surface area contributed by atoms with Gasteiger partial charge in [0.1, 0.15) is 5.54 Å². The van der Waals surface area contributed by atoms with E-state index in [1.165, 1.54) is 25.7 Å². The maximum absolute atomic E-state index is 9.24. The van der Waals surface area contributed by atoms with Crippen LogP contribution in [0.4, 0.5) is 0 Å². The highest BCUT2D eigenvalue weighted by molar-refractivity contribution is 5.03. The molecule has 0 aromatic rings. The SMILES string of the molecule is CCNC(C)(C#N)CCN(C)C1CCC(C)CC1. The third-order valence-corrected chi connectivity index (χ3v) is 4.39. The number of nitrogens with one attached hydrogen (secondary N) is 1. The lowest BCUT2D eigenvalue weighted by Crippen LogP contribution is -2.45. The van der Waals surface area contributed by atoms with E-state index in [-0.39, 0.29) is 5.54 Å². The molecule has 0 aromatic heterocycles. The molecule has 3 nitrogen and oxygen atoms in total. The molecular weight excluding hydrogens is 222 g/mol. The molecule has 1 fully saturated rings. The Labute approximate surface area is 113 Å². The van der Waals surface area contributed by atoms with Gasteiger partial charge in [0.05, 0.1) is 6.07 Å². The standard InChI is InChI=1S/C15H29N3/c1-5-17-15(3,12-16)10-11-18(4)14-8-6-13(2)7-9-14/h13-14,17H,5-11H2,1-4H3. The molecule has 104 valence electrons. The van der Waals surface area contributed by atoms with Gasteiger partial charge in [0.15, 0.2) is 0 Å². The van der Waals surface area contributed by atoms with Crippen molar-refractivity contribution < 1.29 is 0 Å². The first-order chi connectivity index (χ1) is 8.50. The van der Waals surface area contributed by atoms with E-state index in [0.717, 1.165) is 31.5 Å². The van der Waals surface area contributed by atoms with Crippen molar-refractivity contribution in [2.75, 3.05) is 20.1 Å². The number of nitrogens with zero attached hydrogens (tertiary/aromatic N) is 2. The van der Waals surface area contributed by atoms with E-state index in [4.69, 9.17) is 0 Å². The van der Waals surface area contributed by atoms with Gasteiger partial charge in [0.2, 0.25) is 0 Å². The molecule has 0 saturated heterocycles. The average molecular weight is 251 g/mol. The Bertz CT molecular complexity index is 276. The summed E-state index contributed by atoms with van der Waals surface area (Å²) in [7, 11) is 2.21. The Balaban J connectivity index is 2.36. The van der Waals surface area contributed by atoms with Crippen molar-refractivity contribution in [3.05, 3.63) is 0 Å². The summed E-state index contributed by atoms with van der Waals surface area (Å²) >= 11 is 0. The summed E-state index contributed by atoms with van der Waals surface area (Å²) in [5.41, 5.74) is -0.370. The predicted molar refractivity (Wildman–Crippen MR) is 76.4 cm³/mol. The summed E-state index contributed by atoms with van der Waals surface area (Å²) < 4.78 is 0. The maximum Gasteiger partial charge on any atom is 0.105 e. The third-order valence-electron chi connectivity index (χ3n) is 4.39. The summed E-state index contributed by atoms with van der Waals surface area (Å²) in [5, 5.41) is 12.5. The van der Waals surface area contributed by atoms with Crippen LogP contribution in [-0.2, 0) is 0 Å². The first-order valence-electron chi connectivity index (χ1n) is 7.37. The molecule has 1 saturated carbocycles. The number of rotatable bonds is 6. The zero-order chi connectivity index (χ0) is 13.6. The Morgan fingerprint density at radius 1 is 1.33 bits per heavy atom. The van der Waals surface area contributed by atoms with Crippen molar-refractivity contribution in [2.24, 2.45) is 5.92 Å². The highest BCUT2D eigenvalue weighted by atomic mass is 15.1. The fourth-order valence-corrected chi connectivity index (χ4v) is 2.84. The van der Waals surface area contributed by atoms with Crippen molar-refractivity contribution >= 4 is 0 Å². The lowest BCUT2D eigenvalue weighted by atomic mass is 9.86. The van der Waals surface area contributed by atoms with Crippen LogP contribution >= 0.6 is 0 Å². The van der Waals surface area contributed by atoms with Crippen molar-refractivity contribution in [1.29, 1.82) is 5.26 Å². The zero-order valence-corrected chi connectivity index (χ0v) is 12.5. The van der Waals surface area contributed by atoms with Gasteiger partial charge in [0, 0.05) is 12.6 Å². The molecule has 0 radical (unpaired) electrons. The van der Waals surface area contributed by atoms with Crippen molar-refractivity contribution in [2.45, 2.75) is 64.5 Å². The normalized spacial score (nSPS) is 27.8. The van der Waals surface area contributed by atoms with Crippen molar-refractivity contribution in [1.82, 2.24) is 10.2 Å². The van der Waals surface area contributed by atoms with Crippen LogP contribution in [0.2, 0.25) is 0 Å². The Morgan fingerprint density at radius 2 is 1.94 bits per heavy atom. The summed E-state index contributed by atoms with van der Waals surface area (Å²) in [6.07, 6.45) is 6.26. The average Bonchev–Trinajstić information content (AvgIpc) is 2.37. The van der Waals surface area contributed by atoms with E-state index in [1.54, 1.807) is 0 Å². The first-order valence-corrected chi connectivity index (χ1v) is 7.37. The molecule has 3 heteroatoms. The number of nitriles is 1. The molecule has 18 heavy (non-hydrogen) atoms. The summed E-state index contributed by atoms with van der Waals surface area (Å²) in [4.78, 5) is 2.46. The van der Waals surface area contributed by atoms with Gasteiger partial charge in [-0.1, -0.05) is 13.8 Å². The molecule has 0 amide bonds. The van der Waals surface area contributed by atoms with Crippen molar-refractivity contribution in [3.63, 3.8) is 0 Å². The number of hydrogen-bond donors (Lipinski definition) is 1. The predicted octanol–water partition coefficient (Wildman–Crippen LogP) is 2.78. The quantitative estimate of drug-likeness (QED) is 0.789. The third kappa shape index (κ3) is 4.59. The van der Waals surface area contributed by atoms with Gasteiger partial charge in [-0.2, -0.15) is 5.26 Å². The second kappa shape index (κ2) is 7.11. The molecule has 0 bridgehead atoms. The largest absolute Gasteiger partial charge is 0.303 e. The smallest absolute Gasteiger partial charge is 0.105 e. The fourth-order valence-electron chi connectivity index (χ4n) is 2.84.